The normalized spacial score (nSPS) is 12.1. The predicted molar refractivity (Wildman–Crippen MR) is 52.8 cm³/mol. The SMILES string of the molecule is BOC(=O)C(N)Cc1ccccc1. The molecule has 0 aromatic heterocycles. The van der Waals surface area contributed by atoms with Crippen LogP contribution in [0.3, 0.4) is 0 Å². The second-order valence-electron chi connectivity index (χ2n) is 2.82. The second-order valence-corrected chi connectivity index (χ2v) is 2.82. The number of nitrogens with two attached hydrogens (primary N) is 1. The van der Waals surface area contributed by atoms with Crippen molar-refractivity contribution in [2.24, 2.45) is 5.73 Å². The molecular weight excluding hydrogens is 165 g/mol. The van der Waals surface area contributed by atoms with Crippen molar-refractivity contribution in [1.29, 1.82) is 0 Å². The van der Waals surface area contributed by atoms with Gasteiger partial charge >= 0.3 is 14.0 Å². The van der Waals surface area contributed by atoms with Crippen molar-refractivity contribution in [2.75, 3.05) is 0 Å². The fraction of sp³-hybridized carbons (Fsp3) is 0.222. The van der Waals surface area contributed by atoms with E-state index in [0.717, 1.165) is 5.56 Å². The summed E-state index contributed by atoms with van der Waals surface area (Å²) in [5, 5.41) is 0. The molecule has 1 rings (SSSR count). The maximum Gasteiger partial charge on any atom is 0.326 e. The van der Waals surface area contributed by atoms with Gasteiger partial charge in [-0.05, 0) is 12.0 Å². The van der Waals surface area contributed by atoms with E-state index in [2.05, 4.69) is 4.65 Å². The molecule has 1 aromatic rings. The molecule has 1 aromatic carbocycles. The zero-order valence-corrected chi connectivity index (χ0v) is 7.57. The largest absolute Gasteiger partial charge is 0.542 e. The van der Waals surface area contributed by atoms with Crippen molar-refractivity contribution in [2.45, 2.75) is 12.5 Å². The third kappa shape index (κ3) is 2.91. The number of carbonyl (C=O) groups excluding carboxylic acids is 1. The monoisotopic (exact) mass is 177 g/mol. The Hall–Kier alpha value is -1.29. The van der Waals surface area contributed by atoms with Gasteiger partial charge in [-0.15, -0.1) is 0 Å². The summed E-state index contributed by atoms with van der Waals surface area (Å²) in [6, 6.07) is 9.06. The highest BCUT2D eigenvalue weighted by Gasteiger charge is 2.12. The minimum absolute atomic E-state index is 0.371. The van der Waals surface area contributed by atoms with Crippen molar-refractivity contribution in [3.63, 3.8) is 0 Å². The number of hydrogen-bond donors (Lipinski definition) is 1. The molecule has 0 amide bonds. The highest BCUT2D eigenvalue weighted by Crippen LogP contribution is 2.02. The lowest BCUT2D eigenvalue weighted by atomic mass is 10.1. The van der Waals surface area contributed by atoms with Gasteiger partial charge in [-0.1, -0.05) is 30.3 Å². The van der Waals surface area contributed by atoms with E-state index in [-0.39, 0.29) is 5.97 Å². The molecule has 68 valence electrons. The van der Waals surface area contributed by atoms with Crippen LogP contribution in [-0.2, 0) is 15.9 Å². The maximum absolute atomic E-state index is 11.0. The van der Waals surface area contributed by atoms with Crippen LogP contribution in [-0.4, -0.2) is 20.1 Å². The van der Waals surface area contributed by atoms with Crippen molar-refractivity contribution < 1.29 is 9.45 Å². The average Bonchev–Trinajstić information content (AvgIpc) is 2.18. The van der Waals surface area contributed by atoms with Crippen molar-refractivity contribution in [3.05, 3.63) is 35.9 Å². The number of rotatable bonds is 3. The van der Waals surface area contributed by atoms with Gasteiger partial charge in [-0.3, -0.25) is 4.79 Å². The third-order valence-electron chi connectivity index (χ3n) is 1.80. The van der Waals surface area contributed by atoms with Crippen LogP contribution in [0.15, 0.2) is 30.3 Å². The first-order valence-electron chi connectivity index (χ1n) is 4.11. The smallest absolute Gasteiger partial charge is 0.326 e. The summed E-state index contributed by atoms with van der Waals surface area (Å²) in [6.45, 7) is 0. The minimum atomic E-state index is -0.563. The molecule has 2 N–H and O–H groups in total. The molecule has 1 atom stereocenters. The van der Waals surface area contributed by atoms with Crippen LogP contribution in [0.5, 0.6) is 0 Å². The maximum atomic E-state index is 11.0. The molecule has 0 heterocycles. The topological polar surface area (TPSA) is 52.3 Å². The van der Waals surface area contributed by atoms with Gasteiger partial charge in [0, 0.05) is 0 Å². The van der Waals surface area contributed by atoms with Crippen molar-refractivity contribution >= 4 is 14.0 Å². The van der Waals surface area contributed by atoms with Crippen molar-refractivity contribution in [3.8, 4) is 0 Å². The molecule has 3 nitrogen and oxygen atoms in total. The molecule has 13 heavy (non-hydrogen) atoms. The third-order valence-corrected chi connectivity index (χ3v) is 1.80. The highest BCUT2D eigenvalue weighted by molar-refractivity contribution is 6.06. The first-order valence-corrected chi connectivity index (χ1v) is 4.11. The lowest BCUT2D eigenvalue weighted by Gasteiger charge is -2.08. The van der Waals surface area contributed by atoms with E-state index in [4.69, 9.17) is 5.73 Å². The summed E-state index contributed by atoms with van der Waals surface area (Å²) in [5.41, 5.74) is 6.63. The lowest BCUT2D eigenvalue weighted by Crippen LogP contribution is -2.33. The first-order chi connectivity index (χ1) is 6.24. The average molecular weight is 177 g/mol. The zero-order chi connectivity index (χ0) is 9.68. The van der Waals surface area contributed by atoms with Gasteiger partial charge in [0.1, 0.15) is 6.04 Å². The number of benzene rings is 1. The van der Waals surface area contributed by atoms with Gasteiger partial charge in [0.05, 0.1) is 0 Å². The Labute approximate surface area is 78.3 Å². The standard InChI is InChI=1S/C9H12BNO2/c10-13-9(12)8(11)6-7-4-2-1-3-5-7/h1-5,8H,6,10-11H2. The van der Waals surface area contributed by atoms with Gasteiger partial charge in [0.2, 0.25) is 0 Å². The summed E-state index contributed by atoms with van der Waals surface area (Å²) < 4.78 is 4.52. The molecule has 0 fully saturated rings. The predicted octanol–water partition coefficient (Wildman–Crippen LogP) is -0.352. The zero-order valence-electron chi connectivity index (χ0n) is 7.57. The van der Waals surface area contributed by atoms with Gasteiger partial charge in [-0.2, -0.15) is 0 Å². The Morgan fingerprint density at radius 3 is 2.62 bits per heavy atom. The molecule has 0 aliphatic heterocycles. The fourth-order valence-electron chi connectivity index (χ4n) is 1.10. The summed E-state index contributed by atoms with van der Waals surface area (Å²) in [7, 11) is 1.34. The minimum Gasteiger partial charge on any atom is -0.542 e. The van der Waals surface area contributed by atoms with E-state index in [9.17, 15) is 4.79 Å². The summed E-state index contributed by atoms with van der Waals surface area (Å²) >= 11 is 0. The summed E-state index contributed by atoms with van der Waals surface area (Å²) in [4.78, 5) is 11.0. The van der Waals surface area contributed by atoms with Gasteiger partial charge in [0.15, 0.2) is 0 Å². The number of hydrogen-bond acceptors (Lipinski definition) is 3. The van der Waals surface area contributed by atoms with Gasteiger partial charge in [-0.25, -0.2) is 0 Å². The van der Waals surface area contributed by atoms with Crippen LogP contribution in [0.25, 0.3) is 0 Å². The summed E-state index contributed by atoms with van der Waals surface area (Å²) in [6.07, 6.45) is 0.521. The Bertz CT molecular complexity index is 276. The van der Waals surface area contributed by atoms with Crippen LogP contribution in [0, 0.1) is 0 Å². The Balaban J connectivity index is 2.55. The molecule has 0 saturated carbocycles. The second kappa shape index (κ2) is 4.67. The summed E-state index contributed by atoms with van der Waals surface area (Å²) in [5.74, 6) is -0.371. The highest BCUT2D eigenvalue weighted by atomic mass is 16.5. The fourth-order valence-corrected chi connectivity index (χ4v) is 1.10. The molecule has 0 spiro atoms. The Morgan fingerprint density at radius 1 is 1.46 bits per heavy atom. The number of carbonyl (C=O) groups is 1. The van der Waals surface area contributed by atoms with Gasteiger partial charge < -0.3 is 10.4 Å². The van der Waals surface area contributed by atoms with Crippen LogP contribution < -0.4 is 5.73 Å². The lowest BCUT2D eigenvalue weighted by molar-refractivity contribution is -0.135. The molecule has 0 radical (unpaired) electrons. The van der Waals surface area contributed by atoms with Crippen LogP contribution >= 0.6 is 0 Å². The van der Waals surface area contributed by atoms with E-state index in [1.807, 2.05) is 30.3 Å². The molecule has 1 unspecified atom stereocenters. The van der Waals surface area contributed by atoms with E-state index in [1.165, 1.54) is 8.05 Å². The molecule has 0 saturated heterocycles. The van der Waals surface area contributed by atoms with E-state index >= 15 is 0 Å². The van der Waals surface area contributed by atoms with E-state index < -0.39 is 6.04 Å². The van der Waals surface area contributed by atoms with E-state index in [0.29, 0.717) is 6.42 Å². The first kappa shape index (κ1) is 9.80. The Kier molecular flexibility index (Phi) is 3.52. The van der Waals surface area contributed by atoms with E-state index in [1.54, 1.807) is 0 Å². The molecule has 0 aliphatic carbocycles. The van der Waals surface area contributed by atoms with Crippen LogP contribution in [0.2, 0.25) is 0 Å². The van der Waals surface area contributed by atoms with Gasteiger partial charge in [0.25, 0.3) is 0 Å². The molecule has 4 heteroatoms. The molecular formula is C9H12BNO2. The molecule has 0 aliphatic rings. The van der Waals surface area contributed by atoms with Crippen molar-refractivity contribution in [1.82, 2.24) is 0 Å². The quantitative estimate of drug-likeness (QED) is 0.642. The van der Waals surface area contributed by atoms with Crippen LogP contribution in [0.4, 0.5) is 0 Å². The Morgan fingerprint density at radius 2 is 2.08 bits per heavy atom. The molecule has 0 bridgehead atoms. The van der Waals surface area contributed by atoms with Crippen LogP contribution in [0.1, 0.15) is 5.56 Å².